The van der Waals surface area contributed by atoms with Gasteiger partial charge in [-0.3, -0.25) is 4.90 Å². The summed E-state index contributed by atoms with van der Waals surface area (Å²) in [7, 11) is 0. The van der Waals surface area contributed by atoms with Crippen LogP contribution in [-0.4, -0.2) is 35.1 Å². The van der Waals surface area contributed by atoms with Crippen molar-refractivity contribution >= 4 is 21.6 Å². The number of nitrogens with one attached hydrogen (secondary N) is 1. The van der Waals surface area contributed by atoms with Crippen molar-refractivity contribution < 1.29 is 0 Å². The van der Waals surface area contributed by atoms with Gasteiger partial charge in [-0.1, -0.05) is 26.0 Å². The van der Waals surface area contributed by atoms with Gasteiger partial charge >= 0.3 is 0 Å². The molecule has 0 aliphatic carbocycles. The third-order valence-electron chi connectivity index (χ3n) is 4.50. The summed E-state index contributed by atoms with van der Waals surface area (Å²) in [5, 5.41) is 4.96. The number of piperazine rings is 1. The molecule has 1 aliphatic rings. The maximum absolute atomic E-state index is 4.76. The van der Waals surface area contributed by atoms with Crippen LogP contribution < -0.4 is 5.32 Å². The molecule has 1 fully saturated rings. The Hall–Kier alpha value is -0.970. The molecule has 3 nitrogen and oxygen atoms in total. The molecule has 3 rings (SSSR count). The van der Waals surface area contributed by atoms with Gasteiger partial charge in [-0.15, -0.1) is 11.3 Å². The summed E-state index contributed by atoms with van der Waals surface area (Å²) >= 11 is 1.83. The summed E-state index contributed by atoms with van der Waals surface area (Å²) in [5.41, 5.74) is 1.44. The molecule has 2 heterocycles. The van der Waals surface area contributed by atoms with E-state index in [1.54, 1.807) is 0 Å². The van der Waals surface area contributed by atoms with E-state index in [1.807, 2.05) is 11.3 Å². The van der Waals surface area contributed by atoms with Gasteiger partial charge in [-0.05, 0) is 25.0 Å². The monoisotopic (exact) mass is 289 g/mol. The van der Waals surface area contributed by atoms with Crippen molar-refractivity contribution in [1.82, 2.24) is 15.2 Å². The highest BCUT2D eigenvalue weighted by Crippen LogP contribution is 2.25. The van der Waals surface area contributed by atoms with E-state index >= 15 is 0 Å². The average molecular weight is 289 g/mol. The lowest BCUT2D eigenvalue weighted by atomic mass is 9.90. The molecule has 0 spiro atoms. The molecule has 108 valence electrons. The molecule has 0 atom stereocenters. The van der Waals surface area contributed by atoms with Gasteiger partial charge in [-0.2, -0.15) is 0 Å². The molecule has 0 unspecified atom stereocenters. The van der Waals surface area contributed by atoms with Crippen molar-refractivity contribution in [2.75, 3.05) is 19.6 Å². The van der Waals surface area contributed by atoms with Crippen LogP contribution in [0.3, 0.4) is 0 Å². The maximum Gasteiger partial charge on any atom is 0.108 e. The largest absolute Gasteiger partial charge is 0.309 e. The van der Waals surface area contributed by atoms with Crippen LogP contribution in [-0.2, 0) is 6.54 Å². The predicted molar refractivity (Wildman–Crippen MR) is 86.2 cm³/mol. The number of nitrogens with zero attached hydrogens (tertiary/aromatic N) is 2. The Morgan fingerprint density at radius 2 is 2.10 bits per heavy atom. The second-order valence-electron chi connectivity index (χ2n) is 5.70. The van der Waals surface area contributed by atoms with Crippen LogP contribution in [0.15, 0.2) is 24.3 Å². The van der Waals surface area contributed by atoms with E-state index in [0.29, 0.717) is 5.54 Å². The van der Waals surface area contributed by atoms with Crippen LogP contribution in [0.2, 0.25) is 0 Å². The first-order valence-electron chi connectivity index (χ1n) is 7.56. The van der Waals surface area contributed by atoms with E-state index in [-0.39, 0.29) is 0 Å². The molecule has 0 amide bonds. The Morgan fingerprint density at radius 1 is 1.30 bits per heavy atom. The molecule has 1 saturated heterocycles. The molecule has 1 aliphatic heterocycles. The number of hydrogen-bond acceptors (Lipinski definition) is 4. The highest BCUT2D eigenvalue weighted by atomic mass is 32.1. The van der Waals surface area contributed by atoms with Crippen molar-refractivity contribution in [2.24, 2.45) is 0 Å². The van der Waals surface area contributed by atoms with Gasteiger partial charge in [0, 0.05) is 25.2 Å². The number of hydrogen-bond donors (Lipinski definition) is 1. The third kappa shape index (κ3) is 2.73. The van der Waals surface area contributed by atoms with E-state index in [9.17, 15) is 0 Å². The Bertz CT molecular complexity index is 541. The van der Waals surface area contributed by atoms with Gasteiger partial charge in [0.15, 0.2) is 0 Å². The zero-order chi connectivity index (χ0) is 14.0. The summed E-state index contributed by atoms with van der Waals surface area (Å²) in [6.45, 7) is 8.92. The fourth-order valence-corrected chi connectivity index (χ4v) is 4.09. The number of thiazole rings is 1. The smallest absolute Gasteiger partial charge is 0.108 e. The topological polar surface area (TPSA) is 28.2 Å². The molecule has 1 aromatic carbocycles. The van der Waals surface area contributed by atoms with Gasteiger partial charge in [0.1, 0.15) is 5.01 Å². The van der Waals surface area contributed by atoms with E-state index in [4.69, 9.17) is 4.98 Å². The first kappa shape index (κ1) is 14.0. The summed E-state index contributed by atoms with van der Waals surface area (Å²) in [6, 6.07) is 8.43. The molecule has 2 aromatic rings. The van der Waals surface area contributed by atoms with Gasteiger partial charge in [0.25, 0.3) is 0 Å². The third-order valence-corrected chi connectivity index (χ3v) is 5.53. The molecular weight excluding hydrogens is 266 g/mol. The Labute approximate surface area is 125 Å². The van der Waals surface area contributed by atoms with Gasteiger partial charge in [-0.25, -0.2) is 4.98 Å². The predicted octanol–water partition coefficient (Wildman–Crippen LogP) is 3.26. The molecule has 0 bridgehead atoms. The number of fused-ring (bicyclic) bond motifs is 1. The van der Waals surface area contributed by atoms with E-state index in [0.717, 1.165) is 31.7 Å². The summed E-state index contributed by atoms with van der Waals surface area (Å²) < 4.78 is 1.30. The van der Waals surface area contributed by atoms with Gasteiger partial charge in [0.05, 0.1) is 16.8 Å². The summed E-state index contributed by atoms with van der Waals surface area (Å²) in [4.78, 5) is 7.32. The van der Waals surface area contributed by atoms with Crippen LogP contribution in [0, 0.1) is 0 Å². The first-order valence-corrected chi connectivity index (χ1v) is 8.38. The van der Waals surface area contributed by atoms with E-state index < -0.39 is 0 Å². The standard InChI is InChI=1S/C16H23N3S/c1-3-16(4-2)12-19(10-9-17-16)11-15-18-13-7-5-6-8-14(13)20-15/h5-8,17H,3-4,9-12H2,1-2H3. The normalized spacial score (nSPS) is 19.5. The van der Waals surface area contributed by atoms with Crippen molar-refractivity contribution in [3.8, 4) is 0 Å². The van der Waals surface area contributed by atoms with Crippen LogP contribution in [0.5, 0.6) is 0 Å². The number of para-hydroxylation sites is 1. The highest BCUT2D eigenvalue weighted by Gasteiger charge is 2.31. The second-order valence-corrected chi connectivity index (χ2v) is 6.82. The molecule has 1 aromatic heterocycles. The van der Waals surface area contributed by atoms with Crippen molar-refractivity contribution in [3.05, 3.63) is 29.3 Å². The highest BCUT2D eigenvalue weighted by molar-refractivity contribution is 7.18. The minimum Gasteiger partial charge on any atom is -0.309 e. The van der Waals surface area contributed by atoms with Gasteiger partial charge < -0.3 is 5.32 Å². The fourth-order valence-electron chi connectivity index (χ4n) is 3.08. The maximum atomic E-state index is 4.76. The number of rotatable bonds is 4. The Morgan fingerprint density at radius 3 is 2.85 bits per heavy atom. The Kier molecular flexibility index (Phi) is 4.06. The lowest BCUT2D eigenvalue weighted by Crippen LogP contribution is -2.59. The molecule has 0 radical (unpaired) electrons. The quantitative estimate of drug-likeness (QED) is 0.936. The van der Waals surface area contributed by atoms with Crippen molar-refractivity contribution in [1.29, 1.82) is 0 Å². The lowest BCUT2D eigenvalue weighted by Gasteiger charge is -2.42. The molecule has 20 heavy (non-hydrogen) atoms. The zero-order valence-electron chi connectivity index (χ0n) is 12.4. The minimum absolute atomic E-state index is 0.301. The second kappa shape index (κ2) is 5.80. The van der Waals surface area contributed by atoms with Gasteiger partial charge in [0.2, 0.25) is 0 Å². The molecular formula is C16H23N3S. The average Bonchev–Trinajstić information content (AvgIpc) is 2.89. The van der Waals surface area contributed by atoms with E-state index in [2.05, 4.69) is 48.3 Å². The Balaban J connectivity index is 1.73. The SMILES string of the molecule is CCC1(CC)CN(Cc2nc3ccccc3s2)CCN1. The van der Waals surface area contributed by atoms with Crippen LogP contribution in [0.4, 0.5) is 0 Å². The minimum atomic E-state index is 0.301. The lowest BCUT2D eigenvalue weighted by molar-refractivity contribution is 0.118. The van der Waals surface area contributed by atoms with Crippen LogP contribution in [0.1, 0.15) is 31.7 Å². The summed E-state index contributed by atoms with van der Waals surface area (Å²) in [5.74, 6) is 0. The number of aromatic nitrogens is 1. The summed E-state index contributed by atoms with van der Waals surface area (Å²) in [6.07, 6.45) is 2.39. The van der Waals surface area contributed by atoms with E-state index in [1.165, 1.54) is 22.5 Å². The van der Waals surface area contributed by atoms with Crippen molar-refractivity contribution in [2.45, 2.75) is 38.8 Å². The zero-order valence-corrected chi connectivity index (χ0v) is 13.2. The fraction of sp³-hybridized carbons (Fsp3) is 0.562. The molecule has 1 N–H and O–H groups in total. The van der Waals surface area contributed by atoms with Crippen molar-refractivity contribution in [3.63, 3.8) is 0 Å². The first-order chi connectivity index (χ1) is 9.74. The van der Waals surface area contributed by atoms with Crippen LogP contribution >= 0.6 is 11.3 Å². The van der Waals surface area contributed by atoms with Crippen LogP contribution in [0.25, 0.3) is 10.2 Å². The molecule has 4 heteroatoms. The number of benzene rings is 1. The molecule has 0 saturated carbocycles.